The first-order chi connectivity index (χ1) is 11.3. The van der Waals surface area contributed by atoms with Gasteiger partial charge in [-0.1, -0.05) is 13.3 Å². The van der Waals surface area contributed by atoms with Crippen molar-refractivity contribution >= 4 is 5.96 Å². The zero-order valence-electron chi connectivity index (χ0n) is 15.3. The topological polar surface area (TPSA) is 59.9 Å². The van der Waals surface area contributed by atoms with Gasteiger partial charge in [-0.25, -0.2) is 0 Å². The average molecular weight is 327 g/mol. The molecule has 0 radical (unpaired) electrons. The number of guanidine groups is 1. The van der Waals surface area contributed by atoms with Crippen LogP contribution < -0.4 is 10.6 Å². The van der Waals surface area contributed by atoms with Gasteiger partial charge in [0.15, 0.2) is 5.96 Å². The first kappa shape index (κ1) is 20.2. The second-order valence-corrected chi connectivity index (χ2v) is 6.57. The van der Waals surface area contributed by atoms with Crippen molar-refractivity contribution in [3.05, 3.63) is 0 Å². The van der Waals surface area contributed by atoms with E-state index in [-0.39, 0.29) is 6.61 Å². The third kappa shape index (κ3) is 9.82. The number of hydrogen-bond donors (Lipinski definition) is 3. The van der Waals surface area contributed by atoms with Crippen molar-refractivity contribution in [2.24, 2.45) is 10.9 Å². The van der Waals surface area contributed by atoms with Crippen molar-refractivity contribution in [1.29, 1.82) is 0 Å². The smallest absolute Gasteiger partial charge is 0.191 e. The average Bonchev–Trinajstić information content (AvgIpc) is 3.05. The molecule has 1 atom stereocenters. The quantitative estimate of drug-likeness (QED) is 0.292. The molecule has 1 aliphatic rings. The summed E-state index contributed by atoms with van der Waals surface area (Å²) in [6, 6.07) is 0. The Balaban J connectivity index is 2.21. The summed E-state index contributed by atoms with van der Waals surface area (Å²) >= 11 is 0. The molecule has 136 valence electrons. The van der Waals surface area contributed by atoms with Gasteiger partial charge in [-0.15, -0.1) is 0 Å². The van der Waals surface area contributed by atoms with Crippen LogP contribution in [0, 0.1) is 5.92 Å². The van der Waals surface area contributed by atoms with Crippen molar-refractivity contribution in [2.75, 3.05) is 45.9 Å². The first-order valence-electron chi connectivity index (χ1n) is 9.65. The highest BCUT2D eigenvalue weighted by molar-refractivity contribution is 5.79. The zero-order valence-corrected chi connectivity index (χ0v) is 15.3. The molecule has 0 aromatic carbocycles. The number of rotatable bonds is 12. The number of nitrogens with zero attached hydrogens (tertiary/aromatic N) is 2. The fraction of sp³-hybridized carbons (Fsp3) is 0.944. The van der Waals surface area contributed by atoms with E-state index in [0.717, 1.165) is 44.9 Å². The molecule has 0 aromatic rings. The normalized spacial score (nSPS) is 17.4. The van der Waals surface area contributed by atoms with Crippen molar-refractivity contribution in [3.8, 4) is 0 Å². The molecule has 0 aromatic heterocycles. The van der Waals surface area contributed by atoms with E-state index in [2.05, 4.69) is 29.4 Å². The number of nitrogens with one attached hydrogen (secondary N) is 2. The predicted octanol–water partition coefficient (Wildman–Crippen LogP) is 2.22. The van der Waals surface area contributed by atoms with Crippen LogP contribution in [0.1, 0.15) is 58.8 Å². The molecule has 0 saturated carbocycles. The van der Waals surface area contributed by atoms with Gasteiger partial charge in [0.2, 0.25) is 0 Å². The van der Waals surface area contributed by atoms with Gasteiger partial charge in [-0.2, -0.15) is 0 Å². The fourth-order valence-corrected chi connectivity index (χ4v) is 3.15. The second-order valence-electron chi connectivity index (χ2n) is 6.57. The van der Waals surface area contributed by atoms with Crippen LogP contribution in [0.4, 0.5) is 0 Å². The Hall–Kier alpha value is -0.810. The van der Waals surface area contributed by atoms with E-state index in [0.29, 0.717) is 5.92 Å². The molecule has 1 aliphatic heterocycles. The van der Waals surface area contributed by atoms with E-state index in [1.165, 1.54) is 45.3 Å². The minimum atomic E-state index is 0.265. The predicted molar refractivity (Wildman–Crippen MR) is 99.0 cm³/mol. The molecule has 1 unspecified atom stereocenters. The molecular weight excluding hydrogens is 288 g/mol. The summed E-state index contributed by atoms with van der Waals surface area (Å²) in [6.45, 7) is 11.1. The van der Waals surface area contributed by atoms with Gasteiger partial charge in [0.1, 0.15) is 0 Å². The van der Waals surface area contributed by atoms with Crippen molar-refractivity contribution in [3.63, 3.8) is 0 Å². The Labute approximate surface area is 142 Å². The largest absolute Gasteiger partial charge is 0.396 e. The first-order valence-corrected chi connectivity index (χ1v) is 9.65. The molecule has 0 aliphatic carbocycles. The number of likely N-dealkylation sites (tertiary alicyclic amines) is 1. The van der Waals surface area contributed by atoms with Gasteiger partial charge in [0.05, 0.1) is 0 Å². The van der Waals surface area contributed by atoms with E-state index >= 15 is 0 Å². The lowest BCUT2D eigenvalue weighted by atomic mass is 10.0. The van der Waals surface area contributed by atoms with Gasteiger partial charge >= 0.3 is 0 Å². The molecule has 0 spiro atoms. The molecule has 1 rings (SSSR count). The SMILES string of the molecule is CCCC(CCO)CN=C(NCC)NCCCCN1CCCC1. The van der Waals surface area contributed by atoms with Gasteiger partial charge in [-0.05, 0) is 71.0 Å². The molecular formula is C18H38N4O. The Bertz CT molecular complexity index is 297. The van der Waals surface area contributed by atoms with Crippen LogP contribution in [0.15, 0.2) is 4.99 Å². The Morgan fingerprint density at radius 2 is 1.91 bits per heavy atom. The van der Waals surface area contributed by atoms with Crippen LogP contribution in [-0.4, -0.2) is 61.8 Å². The monoisotopic (exact) mass is 326 g/mol. The number of unbranched alkanes of at least 4 members (excludes halogenated alkanes) is 1. The van der Waals surface area contributed by atoms with Crippen LogP contribution in [0.3, 0.4) is 0 Å². The summed E-state index contributed by atoms with van der Waals surface area (Å²) in [7, 11) is 0. The van der Waals surface area contributed by atoms with Gasteiger partial charge in [0, 0.05) is 26.2 Å². The van der Waals surface area contributed by atoms with Crippen LogP contribution in [0.5, 0.6) is 0 Å². The number of aliphatic hydroxyl groups excluding tert-OH is 1. The van der Waals surface area contributed by atoms with Gasteiger partial charge in [-0.3, -0.25) is 4.99 Å². The summed E-state index contributed by atoms with van der Waals surface area (Å²) in [4.78, 5) is 7.27. The maximum absolute atomic E-state index is 9.14. The molecule has 1 heterocycles. The minimum Gasteiger partial charge on any atom is -0.396 e. The third-order valence-corrected chi connectivity index (χ3v) is 4.48. The van der Waals surface area contributed by atoms with E-state index in [9.17, 15) is 0 Å². The second kappa shape index (κ2) is 13.6. The molecule has 0 amide bonds. The zero-order chi connectivity index (χ0) is 16.8. The van der Waals surface area contributed by atoms with E-state index in [1.54, 1.807) is 0 Å². The number of aliphatic imine (C=N–C) groups is 1. The molecule has 5 heteroatoms. The summed E-state index contributed by atoms with van der Waals surface area (Å²) in [5, 5.41) is 15.9. The summed E-state index contributed by atoms with van der Waals surface area (Å²) < 4.78 is 0. The molecule has 23 heavy (non-hydrogen) atoms. The van der Waals surface area contributed by atoms with E-state index < -0.39 is 0 Å². The highest BCUT2D eigenvalue weighted by Gasteiger charge is 2.10. The van der Waals surface area contributed by atoms with Crippen molar-refractivity contribution < 1.29 is 5.11 Å². The highest BCUT2D eigenvalue weighted by Crippen LogP contribution is 2.11. The van der Waals surface area contributed by atoms with Crippen molar-refractivity contribution in [2.45, 2.75) is 58.8 Å². The van der Waals surface area contributed by atoms with Gasteiger partial charge in [0.25, 0.3) is 0 Å². The lowest BCUT2D eigenvalue weighted by Gasteiger charge is -2.16. The number of aliphatic hydroxyl groups is 1. The molecule has 1 saturated heterocycles. The summed E-state index contributed by atoms with van der Waals surface area (Å²) in [5.41, 5.74) is 0. The molecule has 1 fully saturated rings. The molecule has 3 N–H and O–H groups in total. The lowest BCUT2D eigenvalue weighted by Crippen LogP contribution is -2.38. The fourth-order valence-electron chi connectivity index (χ4n) is 3.15. The molecule has 0 bridgehead atoms. The van der Waals surface area contributed by atoms with Crippen molar-refractivity contribution in [1.82, 2.24) is 15.5 Å². The highest BCUT2D eigenvalue weighted by atomic mass is 16.3. The Kier molecular flexibility index (Phi) is 12.0. The summed E-state index contributed by atoms with van der Waals surface area (Å²) in [5.74, 6) is 1.42. The maximum Gasteiger partial charge on any atom is 0.191 e. The van der Waals surface area contributed by atoms with Crippen LogP contribution in [-0.2, 0) is 0 Å². The standard InChI is InChI=1S/C18H38N4O/c1-3-9-17(10-15-23)16-21-18(19-4-2)20-11-5-6-12-22-13-7-8-14-22/h17,23H,3-16H2,1-2H3,(H2,19,20,21). The van der Waals surface area contributed by atoms with Crippen LogP contribution >= 0.6 is 0 Å². The summed E-state index contributed by atoms with van der Waals surface area (Å²) in [6.07, 6.45) is 8.35. The maximum atomic E-state index is 9.14. The van der Waals surface area contributed by atoms with Crippen LogP contribution in [0.2, 0.25) is 0 Å². The Morgan fingerprint density at radius 3 is 2.57 bits per heavy atom. The van der Waals surface area contributed by atoms with Crippen LogP contribution in [0.25, 0.3) is 0 Å². The number of hydrogen-bond acceptors (Lipinski definition) is 3. The minimum absolute atomic E-state index is 0.265. The lowest BCUT2D eigenvalue weighted by molar-refractivity contribution is 0.253. The van der Waals surface area contributed by atoms with Gasteiger partial charge < -0.3 is 20.6 Å². The molecule has 5 nitrogen and oxygen atoms in total. The third-order valence-electron chi connectivity index (χ3n) is 4.48. The Morgan fingerprint density at radius 1 is 1.13 bits per heavy atom. The van der Waals surface area contributed by atoms with E-state index in [4.69, 9.17) is 10.1 Å². The van der Waals surface area contributed by atoms with E-state index in [1.807, 2.05) is 0 Å².